The summed E-state index contributed by atoms with van der Waals surface area (Å²) in [5.74, 6) is -0.633. The Morgan fingerprint density at radius 2 is 1.89 bits per heavy atom. The van der Waals surface area contributed by atoms with Crippen LogP contribution in [0.4, 0.5) is 18.9 Å². The van der Waals surface area contributed by atoms with Crippen molar-refractivity contribution in [2.45, 2.75) is 30.3 Å². The molecule has 35 heavy (non-hydrogen) atoms. The second kappa shape index (κ2) is 9.25. The molecule has 0 radical (unpaired) electrons. The van der Waals surface area contributed by atoms with Gasteiger partial charge >= 0.3 is 6.18 Å². The summed E-state index contributed by atoms with van der Waals surface area (Å²) in [5.41, 5.74) is -0.532. The molecule has 0 saturated heterocycles. The predicted molar refractivity (Wildman–Crippen MR) is 126 cm³/mol. The Labute approximate surface area is 208 Å². The van der Waals surface area contributed by atoms with Gasteiger partial charge in [0.1, 0.15) is 5.69 Å². The Balaban J connectivity index is 1.77. The third-order valence-corrected chi connectivity index (χ3v) is 7.37. The van der Waals surface area contributed by atoms with Crippen LogP contribution in [0.15, 0.2) is 53.7 Å². The zero-order chi connectivity index (χ0) is 25.5. The topological polar surface area (TPSA) is 89.0 Å². The van der Waals surface area contributed by atoms with E-state index in [0.717, 1.165) is 18.6 Å². The number of sulfonamides is 1. The lowest BCUT2D eigenvalue weighted by Gasteiger charge is -2.20. The number of ketones is 1. The minimum atomic E-state index is -4.86. The molecule has 0 aliphatic heterocycles. The minimum absolute atomic E-state index is 0.0354. The van der Waals surface area contributed by atoms with Gasteiger partial charge in [-0.25, -0.2) is 8.42 Å². The SMILES string of the molecule is C[C@H]1CC=Cc2c1ncc(Cl)c2C(=O)c1ncccc1NS(=O)(=O)c1ccc(Cl)c(C(F)(F)F)c1. The van der Waals surface area contributed by atoms with Gasteiger partial charge in [0, 0.05) is 23.9 Å². The highest BCUT2D eigenvalue weighted by Crippen LogP contribution is 2.37. The number of halogens is 5. The number of hydrogen-bond donors (Lipinski definition) is 1. The lowest BCUT2D eigenvalue weighted by atomic mass is 9.88. The molecule has 4 rings (SSSR count). The van der Waals surface area contributed by atoms with Gasteiger partial charge in [-0.05, 0) is 36.8 Å². The maximum Gasteiger partial charge on any atom is 0.417 e. The summed E-state index contributed by atoms with van der Waals surface area (Å²) in [7, 11) is -4.55. The molecule has 0 saturated carbocycles. The highest BCUT2D eigenvalue weighted by Gasteiger charge is 2.35. The molecule has 1 aliphatic rings. The first-order valence-corrected chi connectivity index (χ1v) is 12.4. The summed E-state index contributed by atoms with van der Waals surface area (Å²) in [6.07, 6.45) is 2.10. The monoisotopic (exact) mass is 541 g/mol. The quantitative estimate of drug-likeness (QED) is 0.380. The van der Waals surface area contributed by atoms with Crippen LogP contribution < -0.4 is 4.72 Å². The Morgan fingerprint density at radius 3 is 2.60 bits per heavy atom. The van der Waals surface area contributed by atoms with Gasteiger partial charge in [0.05, 0.1) is 37.4 Å². The van der Waals surface area contributed by atoms with Crippen molar-refractivity contribution in [3.63, 3.8) is 0 Å². The van der Waals surface area contributed by atoms with Gasteiger partial charge in [-0.2, -0.15) is 13.2 Å². The molecule has 0 unspecified atom stereocenters. The zero-order valence-corrected chi connectivity index (χ0v) is 20.2. The fraction of sp³-hybridized carbons (Fsp3) is 0.174. The Morgan fingerprint density at radius 1 is 1.14 bits per heavy atom. The number of hydrogen-bond acceptors (Lipinski definition) is 5. The number of carbonyl (C=O) groups excluding carboxylic acids is 1. The molecular formula is C23H16Cl2F3N3O3S. The van der Waals surface area contributed by atoms with Crippen LogP contribution in [-0.4, -0.2) is 24.2 Å². The largest absolute Gasteiger partial charge is 0.417 e. The van der Waals surface area contributed by atoms with E-state index in [0.29, 0.717) is 17.3 Å². The highest BCUT2D eigenvalue weighted by atomic mass is 35.5. The molecule has 0 amide bonds. The second-order valence-corrected chi connectivity index (χ2v) is 10.3. The number of allylic oxidation sites excluding steroid dienone is 1. The van der Waals surface area contributed by atoms with E-state index in [1.54, 1.807) is 6.08 Å². The molecule has 182 valence electrons. The number of anilines is 1. The number of nitrogens with one attached hydrogen (secondary N) is 1. The van der Waals surface area contributed by atoms with Gasteiger partial charge in [-0.15, -0.1) is 0 Å². The Bertz CT molecular complexity index is 1470. The van der Waals surface area contributed by atoms with E-state index in [2.05, 4.69) is 14.7 Å². The summed E-state index contributed by atoms with van der Waals surface area (Å²) in [6.45, 7) is 1.94. The van der Waals surface area contributed by atoms with Crippen molar-refractivity contribution in [2.24, 2.45) is 0 Å². The fourth-order valence-electron chi connectivity index (χ4n) is 3.69. The highest BCUT2D eigenvalue weighted by molar-refractivity contribution is 7.92. The van der Waals surface area contributed by atoms with Gasteiger partial charge in [0.2, 0.25) is 5.78 Å². The van der Waals surface area contributed by atoms with Gasteiger partial charge in [0.25, 0.3) is 10.0 Å². The van der Waals surface area contributed by atoms with E-state index >= 15 is 0 Å². The standard InChI is InChI=1S/C23H16Cl2F3N3O3S/c1-12-4-2-5-14-19(17(25)11-30-20(12)14)22(32)21-18(6-3-9-29-21)31-35(33,34)13-7-8-16(24)15(10-13)23(26,27)28/h2-3,5-12,31H,4H2,1H3/t12-/m0/s1. The first-order chi connectivity index (χ1) is 16.4. The summed E-state index contributed by atoms with van der Waals surface area (Å²) >= 11 is 11.9. The van der Waals surface area contributed by atoms with E-state index in [-0.39, 0.29) is 27.9 Å². The number of rotatable bonds is 5. The molecule has 3 aromatic rings. The van der Waals surface area contributed by atoms with E-state index in [9.17, 15) is 26.4 Å². The molecule has 2 heterocycles. The van der Waals surface area contributed by atoms with E-state index in [4.69, 9.17) is 23.2 Å². The molecular weight excluding hydrogens is 526 g/mol. The number of benzene rings is 1. The van der Waals surface area contributed by atoms with Crippen LogP contribution in [0.2, 0.25) is 10.0 Å². The normalized spacial score (nSPS) is 15.5. The average molecular weight is 542 g/mol. The summed E-state index contributed by atoms with van der Waals surface area (Å²) in [4.78, 5) is 21.2. The molecule has 0 spiro atoms. The number of aromatic nitrogens is 2. The molecule has 1 aliphatic carbocycles. The van der Waals surface area contributed by atoms with Crippen LogP contribution in [0.1, 0.15) is 52.1 Å². The second-order valence-electron chi connectivity index (χ2n) is 7.79. The number of nitrogens with zero attached hydrogens (tertiary/aromatic N) is 2. The van der Waals surface area contributed by atoms with E-state index in [1.807, 2.05) is 13.0 Å². The summed E-state index contributed by atoms with van der Waals surface area (Å²) in [5, 5.41) is -0.590. The van der Waals surface area contributed by atoms with Crippen molar-refractivity contribution in [2.75, 3.05) is 4.72 Å². The molecule has 0 bridgehead atoms. The van der Waals surface area contributed by atoms with Crippen LogP contribution in [0.5, 0.6) is 0 Å². The predicted octanol–water partition coefficient (Wildman–Crippen LogP) is 6.35. The third kappa shape index (κ3) is 4.91. The maximum atomic E-state index is 13.5. The fourth-order valence-corrected chi connectivity index (χ4v) is 5.24. The molecule has 12 heteroatoms. The molecule has 2 aromatic heterocycles. The van der Waals surface area contributed by atoms with Gasteiger partial charge in [-0.3, -0.25) is 19.5 Å². The van der Waals surface area contributed by atoms with Crippen molar-refractivity contribution in [3.8, 4) is 0 Å². The first-order valence-electron chi connectivity index (χ1n) is 10.1. The number of carbonyl (C=O) groups is 1. The van der Waals surface area contributed by atoms with Gasteiger partial charge in [-0.1, -0.05) is 42.3 Å². The van der Waals surface area contributed by atoms with Crippen molar-refractivity contribution >= 4 is 50.8 Å². The van der Waals surface area contributed by atoms with E-state index in [1.165, 1.54) is 24.5 Å². The van der Waals surface area contributed by atoms with Crippen molar-refractivity contribution in [1.82, 2.24) is 9.97 Å². The Hall–Kier alpha value is -2.95. The molecule has 1 atom stereocenters. The molecule has 1 N–H and O–H groups in total. The van der Waals surface area contributed by atoms with Crippen LogP contribution in [0, 0.1) is 0 Å². The molecule has 0 fully saturated rings. The van der Waals surface area contributed by atoms with E-state index < -0.39 is 37.5 Å². The smallest absolute Gasteiger partial charge is 0.287 e. The van der Waals surface area contributed by atoms with Crippen LogP contribution in [-0.2, 0) is 16.2 Å². The zero-order valence-electron chi connectivity index (χ0n) is 17.9. The van der Waals surface area contributed by atoms with Crippen molar-refractivity contribution in [1.29, 1.82) is 0 Å². The Kier molecular flexibility index (Phi) is 6.65. The maximum absolute atomic E-state index is 13.5. The third-order valence-electron chi connectivity index (χ3n) is 5.39. The molecule has 6 nitrogen and oxygen atoms in total. The molecule has 1 aromatic carbocycles. The lowest BCUT2D eigenvalue weighted by molar-refractivity contribution is -0.137. The first kappa shape index (κ1) is 25.2. The van der Waals surface area contributed by atoms with Crippen molar-refractivity contribution in [3.05, 3.63) is 86.9 Å². The van der Waals surface area contributed by atoms with Crippen molar-refractivity contribution < 1.29 is 26.4 Å². The van der Waals surface area contributed by atoms with Gasteiger partial charge in [0.15, 0.2) is 0 Å². The summed E-state index contributed by atoms with van der Waals surface area (Å²) in [6, 6.07) is 4.84. The van der Waals surface area contributed by atoms with Crippen LogP contribution in [0.3, 0.4) is 0 Å². The van der Waals surface area contributed by atoms with Gasteiger partial charge < -0.3 is 0 Å². The van der Waals surface area contributed by atoms with Crippen LogP contribution in [0.25, 0.3) is 6.08 Å². The minimum Gasteiger partial charge on any atom is -0.287 e. The van der Waals surface area contributed by atoms with Crippen LogP contribution >= 0.6 is 23.2 Å². The average Bonchev–Trinajstić information content (AvgIpc) is 2.78. The number of alkyl halides is 3. The number of pyridine rings is 2. The summed E-state index contributed by atoms with van der Waals surface area (Å²) < 4.78 is 67.7. The number of fused-ring (bicyclic) bond motifs is 1. The lowest BCUT2D eigenvalue weighted by Crippen LogP contribution is -2.19.